The number of carbonyl (C=O) groups is 1. The number of fused-ring (bicyclic) bond motifs is 5. The minimum Gasteiger partial charge on any atom is -0.394 e. The summed E-state index contributed by atoms with van der Waals surface area (Å²) >= 11 is 0. The van der Waals surface area contributed by atoms with E-state index in [1.165, 1.54) is 0 Å². The van der Waals surface area contributed by atoms with Gasteiger partial charge in [-0.05, 0) is 106 Å². The van der Waals surface area contributed by atoms with Crippen LogP contribution in [-0.2, 0) is 14.3 Å². The molecule has 3 saturated carbocycles. The van der Waals surface area contributed by atoms with Gasteiger partial charge in [-0.25, -0.2) is 0 Å². The van der Waals surface area contributed by atoms with Crippen molar-refractivity contribution in [2.45, 2.75) is 147 Å². The first-order valence-electron chi connectivity index (χ1n) is 16.3. The molecule has 14 atom stereocenters. The van der Waals surface area contributed by atoms with Crippen LogP contribution in [0.25, 0.3) is 0 Å². The molecule has 0 aromatic carbocycles. The smallest absolute Gasteiger partial charge is 0.187 e. The highest BCUT2D eigenvalue weighted by molar-refractivity contribution is 5.95. The van der Waals surface area contributed by atoms with E-state index < -0.39 is 66.1 Å². The quantitative estimate of drug-likeness (QED) is 0.214. The van der Waals surface area contributed by atoms with Gasteiger partial charge in [-0.3, -0.25) is 4.79 Å². The second-order valence-corrected chi connectivity index (χ2v) is 15.5. The first-order valence-corrected chi connectivity index (χ1v) is 16.3. The van der Waals surface area contributed by atoms with Gasteiger partial charge in [0.05, 0.1) is 30.0 Å². The number of hydrogen-bond donors (Lipinski definition) is 7. The Kier molecular flexibility index (Phi) is 9.08. The van der Waals surface area contributed by atoms with Crippen LogP contribution in [0.1, 0.15) is 92.4 Å². The Morgan fingerprint density at radius 2 is 1.72 bits per heavy atom. The van der Waals surface area contributed by atoms with Crippen molar-refractivity contribution in [3.63, 3.8) is 0 Å². The Balaban J connectivity index is 1.26. The second kappa shape index (κ2) is 11.7. The van der Waals surface area contributed by atoms with Crippen LogP contribution in [0, 0.1) is 34.5 Å². The molecule has 1 saturated heterocycles. The van der Waals surface area contributed by atoms with E-state index >= 15 is 0 Å². The van der Waals surface area contributed by atoms with Gasteiger partial charge in [0, 0.05) is 11.3 Å². The summed E-state index contributed by atoms with van der Waals surface area (Å²) in [6, 6.07) is 0. The number of allylic oxidation sites excluding steroid dienone is 1. The van der Waals surface area contributed by atoms with E-state index in [-0.39, 0.29) is 34.9 Å². The highest BCUT2D eigenvalue weighted by atomic mass is 16.7. The van der Waals surface area contributed by atoms with Crippen molar-refractivity contribution in [1.29, 1.82) is 0 Å². The molecule has 4 fully saturated rings. The van der Waals surface area contributed by atoms with Gasteiger partial charge in [0.1, 0.15) is 24.4 Å². The standard InChI is InChI=1S/C33H54O10/c1-17(23(36)9-10-30(2,3)43-29-28(40)27(39)26(38)25(16-34)42-29)19-8-13-33(41)21-15-24(37)22-14-18(35)6-11-31(22,4)20(21)7-12-32(19,33)5/h15,17-20,22-23,25-29,34-36,38-41H,6-14,16H2,1-5H3/t17-,18+,19-,20+,22+,23-,25-,26-,27-,28+,29+,31-,32-,33+/m1/s1. The van der Waals surface area contributed by atoms with E-state index in [4.69, 9.17) is 9.47 Å². The maximum Gasteiger partial charge on any atom is 0.187 e. The fourth-order valence-corrected chi connectivity index (χ4v) is 9.77. The molecule has 43 heavy (non-hydrogen) atoms. The van der Waals surface area contributed by atoms with Crippen LogP contribution >= 0.6 is 0 Å². The molecule has 0 unspecified atom stereocenters. The number of hydrogen-bond acceptors (Lipinski definition) is 10. The average Bonchev–Trinajstić information content (AvgIpc) is 3.24. The van der Waals surface area contributed by atoms with E-state index in [0.717, 1.165) is 31.3 Å². The Hall–Kier alpha value is -0.950. The number of aliphatic hydroxyl groups excluding tert-OH is 6. The molecule has 0 amide bonds. The van der Waals surface area contributed by atoms with Crippen molar-refractivity contribution in [1.82, 2.24) is 0 Å². The number of ether oxygens (including phenoxy) is 2. The van der Waals surface area contributed by atoms with E-state index in [1.54, 1.807) is 19.9 Å². The Morgan fingerprint density at radius 3 is 2.40 bits per heavy atom. The third kappa shape index (κ3) is 5.46. The Labute approximate surface area is 255 Å². The molecule has 1 aliphatic heterocycles. The van der Waals surface area contributed by atoms with Crippen LogP contribution in [-0.4, -0.2) is 102 Å². The summed E-state index contributed by atoms with van der Waals surface area (Å²) in [6.07, 6.45) is -0.486. The number of carbonyl (C=O) groups excluding carboxylic acids is 1. The Morgan fingerprint density at radius 1 is 1.02 bits per heavy atom. The van der Waals surface area contributed by atoms with Crippen molar-refractivity contribution in [2.24, 2.45) is 34.5 Å². The van der Waals surface area contributed by atoms with Gasteiger partial charge in [0.25, 0.3) is 0 Å². The average molecular weight is 611 g/mol. The van der Waals surface area contributed by atoms with Gasteiger partial charge in [-0.2, -0.15) is 0 Å². The molecule has 0 radical (unpaired) electrons. The lowest BCUT2D eigenvalue weighted by atomic mass is 9.46. The molecule has 7 N–H and O–H groups in total. The highest BCUT2D eigenvalue weighted by Gasteiger charge is 2.66. The van der Waals surface area contributed by atoms with E-state index in [9.17, 15) is 40.5 Å². The summed E-state index contributed by atoms with van der Waals surface area (Å²) in [5.41, 5.74) is -1.85. The summed E-state index contributed by atoms with van der Waals surface area (Å²) in [5, 5.41) is 74.2. The van der Waals surface area contributed by atoms with Crippen molar-refractivity contribution in [2.75, 3.05) is 6.61 Å². The topological polar surface area (TPSA) is 177 Å². The normalized spacial score (nSPS) is 48.1. The van der Waals surface area contributed by atoms with E-state index in [0.29, 0.717) is 32.1 Å². The molecule has 0 aromatic rings. The number of aliphatic hydroxyl groups is 7. The summed E-state index contributed by atoms with van der Waals surface area (Å²) < 4.78 is 11.5. The number of rotatable bonds is 8. The van der Waals surface area contributed by atoms with Crippen LogP contribution < -0.4 is 0 Å². The van der Waals surface area contributed by atoms with Crippen LogP contribution in [0.3, 0.4) is 0 Å². The molecule has 0 aromatic heterocycles. The molecular formula is C33H54O10. The first-order chi connectivity index (χ1) is 20.0. The first kappa shape index (κ1) is 33.4. The van der Waals surface area contributed by atoms with Crippen molar-refractivity contribution >= 4 is 5.78 Å². The fraction of sp³-hybridized carbons (Fsp3) is 0.909. The third-order valence-corrected chi connectivity index (χ3v) is 12.7. The molecule has 0 spiro atoms. The minimum atomic E-state index is -1.53. The van der Waals surface area contributed by atoms with Crippen molar-refractivity contribution in [3.8, 4) is 0 Å². The molecule has 0 bridgehead atoms. The number of ketones is 1. The van der Waals surface area contributed by atoms with Gasteiger partial charge in [0.2, 0.25) is 0 Å². The fourth-order valence-electron chi connectivity index (χ4n) is 9.77. The summed E-state index contributed by atoms with van der Waals surface area (Å²) in [6.45, 7) is 9.40. The molecule has 4 aliphatic carbocycles. The predicted molar refractivity (Wildman–Crippen MR) is 156 cm³/mol. The molecule has 10 heteroatoms. The van der Waals surface area contributed by atoms with Gasteiger partial charge in [-0.1, -0.05) is 20.8 Å². The molecule has 5 rings (SSSR count). The Bertz CT molecular complexity index is 1080. The zero-order valence-corrected chi connectivity index (χ0v) is 26.4. The van der Waals surface area contributed by atoms with Crippen molar-refractivity contribution in [3.05, 3.63) is 11.6 Å². The lowest BCUT2D eigenvalue weighted by Gasteiger charge is -2.59. The van der Waals surface area contributed by atoms with Gasteiger partial charge < -0.3 is 45.2 Å². The van der Waals surface area contributed by atoms with Crippen LogP contribution in [0.2, 0.25) is 0 Å². The van der Waals surface area contributed by atoms with Gasteiger partial charge in [-0.15, -0.1) is 0 Å². The zero-order valence-electron chi connectivity index (χ0n) is 26.4. The lowest BCUT2D eigenvalue weighted by Crippen LogP contribution is -2.60. The maximum atomic E-state index is 13.4. The summed E-state index contributed by atoms with van der Waals surface area (Å²) in [7, 11) is 0. The van der Waals surface area contributed by atoms with Crippen LogP contribution in [0.15, 0.2) is 11.6 Å². The summed E-state index contributed by atoms with van der Waals surface area (Å²) in [4.78, 5) is 13.4. The van der Waals surface area contributed by atoms with Gasteiger partial charge in [0.15, 0.2) is 12.1 Å². The maximum absolute atomic E-state index is 13.4. The highest BCUT2D eigenvalue weighted by Crippen LogP contribution is 2.68. The molecule has 5 aliphatic rings. The summed E-state index contributed by atoms with van der Waals surface area (Å²) in [5.74, 6) is -0.155. The zero-order chi connectivity index (χ0) is 31.7. The molecule has 1 heterocycles. The molecule has 10 nitrogen and oxygen atoms in total. The molecule has 246 valence electrons. The predicted octanol–water partition coefficient (Wildman–Crippen LogP) is 1.59. The van der Waals surface area contributed by atoms with E-state index in [1.807, 2.05) is 6.92 Å². The minimum absolute atomic E-state index is 0.0309. The van der Waals surface area contributed by atoms with E-state index in [2.05, 4.69) is 13.8 Å². The lowest BCUT2D eigenvalue weighted by molar-refractivity contribution is -0.324. The molecular weight excluding hydrogens is 556 g/mol. The largest absolute Gasteiger partial charge is 0.394 e. The SMILES string of the molecule is C[C@@H]([C@H](O)CCC(C)(C)O[C@@H]1O[C@H](CO)[C@@H](O)[C@@H](O)[C@@H]1O)[C@H]1CC[C@]2(O)C3=CC(=O)[C@@H]4C[C@@H](O)CC[C@]4(C)[C@H]3CC[C@]12C. The third-order valence-electron chi connectivity index (χ3n) is 12.7. The van der Waals surface area contributed by atoms with Gasteiger partial charge >= 0.3 is 0 Å². The van der Waals surface area contributed by atoms with Crippen LogP contribution in [0.4, 0.5) is 0 Å². The monoisotopic (exact) mass is 610 g/mol. The van der Waals surface area contributed by atoms with Crippen LogP contribution in [0.5, 0.6) is 0 Å². The second-order valence-electron chi connectivity index (χ2n) is 15.5. The van der Waals surface area contributed by atoms with Crippen molar-refractivity contribution < 1.29 is 50.0 Å².